The average molecular weight is 397 g/mol. The zero-order valence-electron chi connectivity index (χ0n) is 16.2. The average Bonchev–Trinajstić information content (AvgIpc) is 3.22. The van der Waals surface area contributed by atoms with Gasteiger partial charge >= 0.3 is 0 Å². The molecule has 1 aromatic heterocycles. The molecule has 5 nitrogen and oxygen atoms in total. The van der Waals surface area contributed by atoms with Crippen molar-refractivity contribution < 1.29 is 9.47 Å². The molecule has 2 aromatic carbocycles. The molecule has 1 saturated heterocycles. The smallest absolute Gasteiger partial charge is 0.262 e. The second-order valence-corrected chi connectivity index (χ2v) is 8.01. The van der Waals surface area contributed by atoms with E-state index in [1.54, 1.807) is 23.4 Å². The molecule has 3 aromatic rings. The van der Waals surface area contributed by atoms with Crippen molar-refractivity contribution in [2.45, 2.75) is 43.3 Å². The number of aryl methyl sites for hydroxylation is 1. The Hall–Kier alpha value is -2.31. The summed E-state index contributed by atoms with van der Waals surface area (Å²) in [6, 6.07) is 13.7. The van der Waals surface area contributed by atoms with Gasteiger partial charge in [0.1, 0.15) is 5.75 Å². The quantitative estimate of drug-likeness (QED) is 0.462. The van der Waals surface area contributed by atoms with Gasteiger partial charge in [-0.2, -0.15) is 0 Å². The van der Waals surface area contributed by atoms with Crippen molar-refractivity contribution in [3.8, 4) is 5.75 Å². The van der Waals surface area contributed by atoms with Crippen LogP contribution in [-0.2, 0) is 17.0 Å². The number of para-hydroxylation sites is 1. The van der Waals surface area contributed by atoms with Crippen molar-refractivity contribution in [2.24, 2.45) is 0 Å². The number of nitrogens with zero attached hydrogens (tertiary/aromatic N) is 2. The van der Waals surface area contributed by atoms with Crippen molar-refractivity contribution >= 4 is 22.7 Å². The summed E-state index contributed by atoms with van der Waals surface area (Å²) < 4.78 is 13.1. The zero-order chi connectivity index (χ0) is 19.5. The Bertz CT molecular complexity index is 1040. The molecule has 2 heterocycles. The minimum atomic E-state index is -0.000178. The summed E-state index contributed by atoms with van der Waals surface area (Å²) in [5.41, 5.74) is 3.01. The lowest BCUT2D eigenvalue weighted by molar-refractivity contribution is 0.0937. The van der Waals surface area contributed by atoms with Crippen molar-refractivity contribution in [1.29, 1.82) is 0 Å². The molecule has 0 amide bonds. The Morgan fingerprint density at radius 2 is 2.14 bits per heavy atom. The molecule has 6 heteroatoms. The molecule has 0 saturated carbocycles. The minimum Gasteiger partial charge on any atom is -0.496 e. The molecule has 0 spiro atoms. The van der Waals surface area contributed by atoms with Crippen LogP contribution in [0.4, 0.5) is 0 Å². The van der Waals surface area contributed by atoms with Gasteiger partial charge in [0, 0.05) is 17.9 Å². The highest BCUT2D eigenvalue weighted by molar-refractivity contribution is 7.98. The SMILES string of the molecule is COc1ccc(C)cc1CSc1nc2ccccc2c(=O)n1CC1CCCO1. The number of thioether (sulfide) groups is 1. The van der Waals surface area contributed by atoms with E-state index in [-0.39, 0.29) is 11.7 Å². The summed E-state index contributed by atoms with van der Waals surface area (Å²) in [5.74, 6) is 1.54. The molecule has 28 heavy (non-hydrogen) atoms. The van der Waals surface area contributed by atoms with E-state index in [4.69, 9.17) is 14.5 Å². The molecule has 0 N–H and O–H groups in total. The molecule has 1 aliphatic rings. The Morgan fingerprint density at radius 3 is 2.93 bits per heavy atom. The van der Waals surface area contributed by atoms with Gasteiger partial charge in [0.25, 0.3) is 5.56 Å². The van der Waals surface area contributed by atoms with E-state index < -0.39 is 0 Å². The van der Waals surface area contributed by atoms with Crippen LogP contribution >= 0.6 is 11.8 Å². The normalized spacial score (nSPS) is 16.6. The topological polar surface area (TPSA) is 53.3 Å². The van der Waals surface area contributed by atoms with Crippen molar-refractivity contribution in [3.63, 3.8) is 0 Å². The molecule has 0 bridgehead atoms. The van der Waals surface area contributed by atoms with Crippen LogP contribution < -0.4 is 10.3 Å². The Balaban J connectivity index is 1.70. The van der Waals surface area contributed by atoms with Crippen LogP contribution in [0.2, 0.25) is 0 Å². The van der Waals surface area contributed by atoms with Crippen molar-refractivity contribution in [1.82, 2.24) is 9.55 Å². The second-order valence-electron chi connectivity index (χ2n) is 7.07. The van der Waals surface area contributed by atoms with Crippen LogP contribution in [0.5, 0.6) is 5.75 Å². The Kier molecular flexibility index (Phi) is 5.69. The molecule has 146 valence electrons. The number of benzene rings is 2. The first-order valence-electron chi connectivity index (χ1n) is 9.53. The predicted octanol–water partition coefficient (Wildman–Crippen LogP) is 4.18. The number of hydrogen-bond acceptors (Lipinski definition) is 5. The summed E-state index contributed by atoms with van der Waals surface area (Å²) in [5, 5.41) is 1.38. The van der Waals surface area contributed by atoms with E-state index in [9.17, 15) is 4.79 Å². The van der Waals surface area contributed by atoms with Gasteiger partial charge in [-0.15, -0.1) is 0 Å². The lowest BCUT2D eigenvalue weighted by Crippen LogP contribution is -2.28. The van der Waals surface area contributed by atoms with Gasteiger partial charge in [-0.25, -0.2) is 4.98 Å². The molecule has 1 aliphatic heterocycles. The summed E-state index contributed by atoms with van der Waals surface area (Å²) in [7, 11) is 1.68. The highest BCUT2D eigenvalue weighted by Crippen LogP contribution is 2.29. The number of hydrogen-bond donors (Lipinski definition) is 0. The van der Waals surface area contributed by atoms with E-state index in [2.05, 4.69) is 13.0 Å². The first-order chi connectivity index (χ1) is 13.7. The van der Waals surface area contributed by atoms with Crippen molar-refractivity contribution in [2.75, 3.05) is 13.7 Å². The molecule has 1 atom stereocenters. The lowest BCUT2D eigenvalue weighted by atomic mass is 10.1. The molecule has 1 fully saturated rings. The molecule has 0 radical (unpaired) electrons. The maximum atomic E-state index is 13.2. The lowest BCUT2D eigenvalue weighted by Gasteiger charge is -2.17. The van der Waals surface area contributed by atoms with Crippen LogP contribution in [0, 0.1) is 6.92 Å². The molecule has 0 aliphatic carbocycles. The second kappa shape index (κ2) is 8.37. The third kappa shape index (κ3) is 3.93. The number of fused-ring (bicyclic) bond motifs is 1. The van der Waals surface area contributed by atoms with E-state index in [0.29, 0.717) is 17.7 Å². The maximum absolute atomic E-state index is 13.2. The zero-order valence-corrected chi connectivity index (χ0v) is 17.0. The van der Waals surface area contributed by atoms with Gasteiger partial charge in [0.15, 0.2) is 5.16 Å². The fraction of sp³-hybridized carbons (Fsp3) is 0.364. The monoisotopic (exact) mass is 396 g/mol. The van der Waals surface area contributed by atoms with Gasteiger partial charge in [-0.1, -0.05) is 41.6 Å². The van der Waals surface area contributed by atoms with E-state index in [1.165, 1.54) is 5.56 Å². The molecular formula is C22H24N2O3S. The fourth-order valence-corrected chi connectivity index (χ4v) is 4.56. The number of rotatable bonds is 6. The summed E-state index contributed by atoms with van der Waals surface area (Å²) in [4.78, 5) is 18.0. The minimum absolute atomic E-state index is 0.000178. The largest absolute Gasteiger partial charge is 0.496 e. The molecule has 1 unspecified atom stereocenters. The first kappa shape index (κ1) is 19.0. The number of aromatic nitrogens is 2. The van der Waals surface area contributed by atoms with Gasteiger partial charge in [-0.3, -0.25) is 9.36 Å². The van der Waals surface area contributed by atoms with E-state index >= 15 is 0 Å². The summed E-state index contributed by atoms with van der Waals surface area (Å²) in [6.45, 7) is 3.38. The van der Waals surface area contributed by atoms with Gasteiger partial charge in [-0.05, 0) is 38.0 Å². The highest BCUT2D eigenvalue weighted by atomic mass is 32.2. The Labute approximate surface area is 168 Å². The third-order valence-electron chi connectivity index (χ3n) is 5.03. The van der Waals surface area contributed by atoms with E-state index in [0.717, 1.165) is 41.4 Å². The van der Waals surface area contributed by atoms with Crippen molar-refractivity contribution in [3.05, 3.63) is 63.9 Å². The highest BCUT2D eigenvalue weighted by Gasteiger charge is 2.20. The summed E-state index contributed by atoms with van der Waals surface area (Å²) >= 11 is 1.57. The van der Waals surface area contributed by atoms with Gasteiger partial charge in [0.05, 0.1) is 30.7 Å². The standard InChI is InChI=1S/C22H24N2O3S/c1-15-9-10-20(26-2)16(12-15)14-28-22-23-19-8-4-3-7-18(19)21(25)24(22)13-17-6-5-11-27-17/h3-4,7-10,12,17H,5-6,11,13-14H2,1-2H3. The molecular weight excluding hydrogens is 372 g/mol. The van der Waals surface area contributed by atoms with Crippen LogP contribution in [0.15, 0.2) is 52.4 Å². The maximum Gasteiger partial charge on any atom is 0.262 e. The van der Waals surface area contributed by atoms with Crippen LogP contribution in [0.25, 0.3) is 10.9 Å². The number of ether oxygens (including phenoxy) is 2. The summed E-state index contributed by atoms with van der Waals surface area (Å²) in [6.07, 6.45) is 2.10. The Morgan fingerprint density at radius 1 is 1.29 bits per heavy atom. The van der Waals surface area contributed by atoms with Gasteiger partial charge in [0.2, 0.25) is 0 Å². The van der Waals surface area contributed by atoms with E-state index in [1.807, 2.05) is 36.4 Å². The fourth-order valence-electron chi connectivity index (χ4n) is 3.57. The number of methoxy groups -OCH3 is 1. The van der Waals surface area contributed by atoms with Crippen LogP contribution in [-0.4, -0.2) is 29.4 Å². The van der Waals surface area contributed by atoms with Crippen LogP contribution in [0.1, 0.15) is 24.0 Å². The third-order valence-corrected chi connectivity index (χ3v) is 6.05. The van der Waals surface area contributed by atoms with Crippen LogP contribution in [0.3, 0.4) is 0 Å². The molecule has 4 rings (SSSR count). The first-order valence-corrected chi connectivity index (χ1v) is 10.5. The van der Waals surface area contributed by atoms with Gasteiger partial charge < -0.3 is 9.47 Å². The predicted molar refractivity (Wildman–Crippen MR) is 112 cm³/mol.